The van der Waals surface area contributed by atoms with E-state index >= 15 is 0 Å². The summed E-state index contributed by atoms with van der Waals surface area (Å²) in [7, 11) is 3.64. The Morgan fingerprint density at radius 1 is 1.37 bits per heavy atom. The van der Waals surface area contributed by atoms with E-state index in [0.29, 0.717) is 24.0 Å². The average Bonchev–Trinajstić information content (AvgIpc) is 2.76. The Labute approximate surface area is 110 Å². The third-order valence-electron chi connectivity index (χ3n) is 2.38. The lowest BCUT2D eigenvalue weighted by Crippen LogP contribution is -2.17. The van der Waals surface area contributed by atoms with Gasteiger partial charge in [0, 0.05) is 14.1 Å². The van der Waals surface area contributed by atoms with Gasteiger partial charge in [0.2, 0.25) is 11.9 Å². The van der Waals surface area contributed by atoms with Crippen molar-refractivity contribution in [3.63, 3.8) is 0 Å². The lowest BCUT2D eigenvalue weighted by atomic mass is 10.3. The SMILES string of the molecule is CC(O)c1cn(Cc2nc(N)nc(N(C)C)n2)nn1. The van der Waals surface area contributed by atoms with Gasteiger partial charge in [-0.25, -0.2) is 4.68 Å². The maximum absolute atomic E-state index is 9.38. The Morgan fingerprint density at radius 3 is 2.68 bits per heavy atom. The molecule has 0 radical (unpaired) electrons. The summed E-state index contributed by atoms with van der Waals surface area (Å²) >= 11 is 0. The molecule has 102 valence electrons. The lowest BCUT2D eigenvalue weighted by Gasteiger charge is -2.11. The van der Waals surface area contributed by atoms with Gasteiger partial charge in [-0.3, -0.25) is 0 Å². The number of nitrogen functional groups attached to an aromatic ring is 1. The van der Waals surface area contributed by atoms with Crippen molar-refractivity contribution in [2.75, 3.05) is 24.7 Å². The van der Waals surface area contributed by atoms with Crippen molar-refractivity contribution in [1.29, 1.82) is 0 Å². The molecule has 0 aliphatic heterocycles. The lowest BCUT2D eigenvalue weighted by molar-refractivity contribution is 0.194. The number of nitrogens with zero attached hydrogens (tertiary/aromatic N) is 7. The second-order valence-electron chi connectivity index (χ2n) is 4.32. The van der Waals surface area contributed by atoms with Crippen LogP contribution in [0.4, 0.5) is 11.9 Å². The van der Waals surface area contributed by atoms with E-state index in [9.17, 15) is 5.11 Å². The summed E-state index contributed by atoms with van der Waals surface area (Å²) in [6, 6.07) is 0. The Bertz CT molecular complexity index is 564. The summed E-state index contributed by atoms with van der Waals surface area (Å²) < 4.78 is 1.54. The number of aliphatic hydroxyl groups is 1. The monoisotopic (exact) mass is 264 g/mol. The molecule has 0 spiro atoms. The van der Waals surface area contributed by atoms with Crippen LogP contribution in [0.3, 0.4) is 0 Å². The van der Waals surface area contributed by atoms with Crippen LogP contribution >= 0.6 is 0 Å². The summed E-state index contributed by atoms with van der Waals surface area (Å²) in [6.07, 6.45) is 0.981. The molecule has 19 heavy (non-hydrogen) atoms. The number of anilines is 2. The molecule has 9 nitrogen and oxygen atoms in total. The van der Waals surface area contributed by atoms with Crippen LogP contribution in [0.15, 0.2) is 6.20 Å². The van der Waals surface area contributed by atoms with E-state index in [1.54, 1.807) is 18.0 Å². The molecule has 2 heterocycles. The Morgan fingerprint density at radius 2 is 2.11 bits per heavy atom. The molecule has 2 aromatic rings. The summed E-state index contributed by atoms with van der Waals surface area (Å²) in [5, 5.41) is 17.1. The number of rotatable bonds is 4. The largest absolute Gasteiger partial charge is 0.387 e. The Kier molecular flexibility index (Phi) is 3.56. The van der Waals surface area contributed by atoms with Crippen LogP contribution in [0, 0.1) is 0 Å². The van der Waals surface area contributed by atoms with Crippen LogP contribution in [0.5, 0.6) is 0 Å². The molecule has 1 unspecified atom stereocenters. The fraction of sp³-hybridized carbons (Fsp3) is 0.500. The molecular weight excluding hydrogens is 248 g/mol. The standard InChI is InChI=1S/C10H16N8O/c1-6(19)7-4-18(16-15-7)5-8-12-9(11)14-10(13-8)17(2)3/h4,6,19H,5H2,1-3H3,(H2,11,12,13,14). The minimum Gasteiger partial charge on any atom is -0.387 e. The molecule has 0 amide bonds. The van der Waals surface area contributed by atoms with Crippen molar-refractivity contribution in [3.8, 4) is 0 Å². The summed E-state index contributed by atoms with van der Waals surface area (Å²) in [5.74, 6) is 1.13. The number of hydrogen-bond acceptors (Lipinski definition) is 8. The smallest absolute Gasteiger partial charge is 0.229 e. The van der Waals surface area contributed by atoms with Crippen molar-refractivity contribution in [2.45, 2.75) is 19.6 Å². The van der Waals surface area contributed by atoms with Crippen molar-refractivity contribution < 1.29 is 5.11 Å². The molecule has 9 heteroatoms. The van der Waals surface area contributed by atoms with Crippen molar-refractivity contribution in [3.05, 3.63) is 17.7 Å². The number of hydrogen-bond donors (Lipinski definition) is 2. The number of aromatic nitrogens is 6. The van der Waals surface area contributed by atoms with E-state index in [2.05, 4.69) is 25.3 Å². The van der Waals surface area contributed by atoms with E-state index < -0.39 is 6.10 Å². The molecule has 0 saturated carbocycles. The molecule has 0 fully saturated rings. The molecule has 0 aliphatic carbocycles. The first-order chi connectivity index (χ1) is 8.95. The number of nitrogens with two attached hydrogens (primary N) is 1. The maximum atomic E-state index is 9.38. The van der Waals surface area contributed by atoms with Crippen LogP contribution < -0.4 is 10.6 Å². The highest BCUT2D eigenvalue weighted by Crippen LogP contribution is 2.09. The summed E-state index contributed by atoms with van der Waals surface area (Å²) in [6.45, 7) is 1.94. The van der Waals surface area contributed by atoms with E-state index in [0.717, 1.165) is 0 Å². The average molecular weight is 264 g/mol. The van der Waals surface area contributed by atoms with Gasteiger partial charge in [0.15, 0.2) is 5.82 Å². The predicted molar refractivity (Wildman–Crippen MR) is 68.3 cm³/mol. The van der Waals surface area contributed by atoms with Gasteiger partial charge in [0.1, 0.15) is 12.2 Å². The van der Waals surface area contributed by atoms with Gasteiger partial charge < -0.3 is 15.7 Å². The van der Waals surface area contributed by atoms with Crippen LogP contribution in [0.2, 0.25) is 0 Å². The fourth-order valence-corrected chi connectivity index (χ4v) is 1.42. The first-order valence-electron chi connectivity index (χ1n) is 5.71. The molecule has 0 aromatic carbocycles. The van der Waals surface area contributed by atoms with Crippen molar-refractivity contribution in [2.24, 2.45) is 0 Å². The molecule has 0 aliphatic rings. The van der Waals surface area contributed by atoms with Gasteiger partial charge in [0.25, 0.3) is 0 Å². The minimum atomic E-state index is -0.658. The third kappa shape index (κ3) is 3.13. The van der Waals surface area contributed by atoms with Gasteiger partial charge >= 0.3 is 0 Å². The zero-order chi connectivity index (χ0) is 14.0. The highest BCUT2D eigenvalue weighted by atomic mass is 16.3. The first kappa shape index (κ1) is 13.1. The normalized spacial score (nSPS) is 12.4. The molecule has 2 rings (SSSR count). The Hall–Kier alpha value is -2.29. The summed E-state index contributed by atoms with van der Waals surface area (Å²) in [4.78, 5) is 14.0. The van der Waals surface area contributed by atoms with Crippen molar-refractivity contribution >= 4 is 11.9 Å². The first-order valence-corrected chi connectivity index (χ1v) is 5.71. The van der Waals surface area contributed by atoms with Gasteiger partial charge in [-0.1, -0.05) is 5.21 Å². The van der Waals surface area contributed by atoms with E-state index in [4.69, 9.17) is 5.73 Å². The second kappa shape index (κ2) is 5.14. The van der Waals surface area contributed by atoms with Gasteiger partial charge in [0.05, 0.1) is 12.3 Å². The number of aliphatic hydroxyl groups excluding tert-OH is 1. The third-order valence-corrected chi connectivity index (χ3v) is 2.38. The van der Waals surface area contributed by atoms with Crippen LogP contribution in [0.1, 0.15) is 24.5 Å². The highest BCUT2D eigenvalue weighted by Gasteiger charge is 2.10. The van der Waals surface area contributed by atoms with E-state index in [1.807, 2.05) is 14.1 Å². The van der Waals surface area contributed by atoms with E-state index in [1.165, 1.54) is 4.68 Å². The quantitative estimate of drug-likeness (QED) is 0.737. The summed E-state index contributed by atoms with van der Waals surface area (Å²) in [5.41, 5.74) is 6.13. The second-order valence-corrected chi connectivity index (χ2v) is 4.32. The molecule has 1 atom stereocenters. The van der Waals surface area contributed by atoms with Crippen molar-refractivity contribution in [1.82, 2.24) is 29.9 Å². The topological polar surface area (TPSA) is 119 Å². The molecule has 3 N–H and O–H groups in total. The van der Waals surface area contributed by atoms with Gasteiger partial charge in [-0.15, -0.1) is 5.10 Å². The molecular formula is C10H16N8O. The zero-order valence-corrected chi connectivity index (χ0v) is 11.0. The molecule has 0 bridgehead atoms. The highest BCUT2D eigenvalue weighted by molar-refractivity contribution is 5.32. The van der Waals surface area contributed by atoms with Gasteiger partial charge in [-0.05, 0) is 6.92 Å². The van der Waals surface area contributed by atoms with Gasteiger partial charge in [-0.2, -0.15) is 15.0 Å². The predicted octanol–water partition coefficient (Wildman–Crippen LogP) is -0.787. The fourth-order valence-electron chi connectivity index (χ4n) is 1.42. The maximum Gasteiger partial charge on any atom is 0.229 e. The Balaban J connectivity index is 2.22. The van der Waals surface area contributed by atoms with Crippen LogP contribution in [-0.2, 0) is 6.54 Å². The van der Waals surface area contributed by atoms with Crippen LogP contribution in [0.25, 0.3) is 0 Å². The van der Waals surface area contributed by atoms with E-state index in [-0.39, 0.29) is 5.95 Å². The van der Waals surface area contributed by atoms with Crippen LogP contribution in [-0.4, -0.2) is 49.1 Å². The zero-order valence-electron chi connectivity index (χ0n) is 11.0. The minimum absolute atomic E-state index is 0.157. The molecule has 0 saturated heterocycles. The molecule has 2 aromatic heterocycles.